The third-order valence-electron chi connectivity index (χ3n) is 5.59. The Morgan fingerprint density at radius 2 is 1.67 bits per heavy atom. The molecule has 1 heterocycles. The summed E-state index contributed by atoms with van der Waals surface area (Å²) in [4.78, 5) is 4.78. The number of ether oxygens (including phenoxy) is 1. The topological polar surface area (TPSA) is 15.7 Å². The highest BCUT2D eigenvalue weighted by Crippen LogP contribution is 2.33. The fraction of sp³-hybridized carbons (Fsp3) is 0.455. The monoisotopic (exact) mass is 388 g/mol. The molecule has 2 aromatic rings. The van der Waals surface area contributed by atoms with Gasteiger partial charge < -0.3 is 9.64 Å². The summed E-state index contributed by atoms with van der Waals surface area (Å²) < 4.78 is 19.0. The highest BCUT2D eigenvalue weighted by atomic mass is 35.5. The third-order valence-corrected chi connectivity index (χ3v) is 5.88. The van der Waals surface area contributed by atoms with Crippen molar-refractivity contribution in [2.75, 3.05) is 44.2 Å². The fourth-order valence-electron chi connectivity index (χ4n) is 4.03. The van der Waals surface area contributed by atoms with Gasteiger partial charge in [-0.15, -0.1) is 0 Å². The van der Waals surface area contributed by atoms with Gasteiger partial charge in [0.15, 0.2) is 0 Å². The Kier molecular flexibility index (Phi) is 5.84. The molecule has 1 aliphatic carbocycles. The Balaban J connectivity index is 1.19. The molecule has 2 aliphatic rings. The summed E-state index contributed by atoms with van der Waals surface area (Å²) >= 11 is 6.36. The average Bonchev–Trinajstić information content (AvgIpc) is 3.13. The molecule has 1 saturated heterocycles. The first kappa shape index (κ1) is 18.6. The minimum atomic E-state index is -0.180. The normalized spacial score (nSPS) is 17.2. The van der Waals surface area contributed by atoms with Crippen LogP contribution in [0.3, 0.4) is 0 Å². The van der Waals surface area contributed by atoms with Crippen molar-refractivity contribution in [2.24, 2.45) is 0 Å². The molecule has 0 saturated carbocycles. The molecule has 0 atom stereocenters. The number of nitrogens with zero attached hydrogens (tertiary/aromatic N) is 2. The Morgan fingerprint density at radius 1 is 0.963 bits per heavy atom. The van der Waals surface area contributed by atoms with E-state index in [1.54, 1.807) is 0 Å². The molecule has 5 heteroatoms. The van der Waals surface area contributed by atoms with Crippen molar-refractivity contribution < 1.29 is 9.13 Å². The number of anilines is 1. The van der Waals surface area contributed by atoms with Gasteiger partial charge in [0.05, 0.1) is 11.6 Å². The molecule has 0 radical (unpaired) electrons. The van der Waals surface area contributed by atoms with Crippen LogP contribution in [0.15, 0.2) is 36.4 Å². The van der Waals surface area contributed by atoms with Gasteiger partial charge in [-0.05, 0) is 73.2 Å². The van der Waals surface area contributed by atoms with E-state index >= 15 is 0 Å². The second kappa shape index (κ2) is 8.49. The molecule has 2 aromatic carbocycles. The Labute approximate surface area is 165 Å². The highest BCUT2D eigenvalue weighted by molar-refractivity contribution is 6.32. The van der Waals surface area contributed by atoms with Crippen LogP contribution in [-0.2, 0) is 12.8 Å². The number of hydrogen-bond acceptors (Lipinski definition) is 3. The van der Waals surface area contributed by atoms with Gasteiger partial charge in [-0.25, -0.2) is 4.39 Å². The second-order valence-electron chi connectivity index (χ2n) is 7.41. The van der Waals surface area contributed by atoms with Gasteiger partial charge in [0.25, 0.3) is 0 Å². The minimum Gasteiger partial charge on any atom is -0.492 e. The van der Waals surface area contributed by atoms with Crippen LogP contribution in [0.4, 0.5) is 10.1 Å². The van der Waals surface area contributed by atoms with Crippen molar-refractivity contribution in [1.29, 1.82) is 0 Å². The van der Waals surface area contributed by atoms with Crippen LogP contribution < -0.4 is 9.64 Å². The SMILES string of the molecule is Fc1ccc(N2CCN(CCCOc3cc4c(cc3Cl)CCC4)CC2)cc1. The van der Waals surface area contributed by atoms with Crippen molar-refractivity contribution in [3.8, 4) is 5.75 Å². The molecule has 0 spiro atoms. The first-order valence-electron chi connectivity index (χ1n) is 9.86. The lowest BCUT2D eigenvalue weighted by Crippen LogP contribution is -2.46. The third kappa shape index (κ3) is 4.56. The van der Waals surface area contributed by atoms with E-state index in [1.165, 1.54) is 29.7 Å². The van der Waals surface area contributed by atoms with Crippen LogP contribution >= 0.6 is 11.6 Å². The number of rotatable bonds is 6. The van der Waals surface area contributed by atoms with E-state index in [0.29, 0.717) is 6.61 Å². The van der Waals surface area contributed by atoms with E-state index < -0.39 is 0 Å². The summed E-state index contributed by atoms with van der Waals surface area (Å²) in [5, 5.41) is 0.739. The van der Waals surface area contributed by atoms with Crippen LogP contribution in [0.1, 0.15) is 24.0 Å². The van der Waals surface area contributed by atoms with Crippen molar-refractivity contribution in [1.82, 2.24) is 4.90 Å². The van der Waals surface area contributed by atoms with E-state index in [-0.39, 0.29) is 5.82 Å². The van der Waals surface area contributed by atoms with E-state index in [2.05, 4.69) is 21.9 Å². The summed E-state index contributed by atoms with van der Waals surface area (Å²) in [5.74, 6) is 0.652. The van der Waals surface area contributed by atoms with Gasteiger partial charge in [-0.3, -0.25) is 4.90 Å². The molecule has 0 bridgehead atoms. The van der Waals surface area contributed by atoms with Gasteiger partial charge in [0, 0.05) is 38.4 Å². The maximum absolute atomic E-state index is 13.1. The van der Waals surface area contributed by atoms with Crippen molar-refractivity contribution in [3.05, 3.63) is 58.4 Å². The second-order valence-corrected chi connectivity index (χ2v) is 7.82. The molecular weight excluding hydrogens is 363 g/mol. The van der Waals surface area contributed by atoms with Crippen LogP contribution in [0.2, 0.25) is 5.02 Å². The molecule has 0 amide bonds. The molecule has 0 N–H and O–H groups in total. The van der Waals surface area contributed by atoms with Gasteiger partial charge in [0.2, 0.25) is 0 Å². The molecule has 0 unspecified atom stereocenters. The Bertz CT molecular complexity index is 773. The van der Waals surface area contributed by atoms with Gasteiger partial charge in [-0.2, -0.15) is 0 Å². The Morgan fingerprint density at radius 3 is 2.41 bits per heavy atom. The standard InChI is InChI=1S/C22H26ClFN2O/c23-21-15-17-3-1-4-18(17)16-22(21)27-14-2-9-25-10-12-26(13-11-25)20-7-5-19(24)6-8-20/h5-8,15-16H,1-4,9-14H2. The van der Waals surface area contributed by atoms with Gasteiger partial charge in [0.1, 0.15) is 11.6 Å². The van der Waals surface area contributed by atoms with Crippen molar-refractivity contribution in [3.63, 3.8) is 0 Å². The van der Waals surface area contributed by atoms with Crippen LogP contribution in [-0.4, -0.2) is 44.2 Å². The van der Waals surface area contributed by atoms with E-state index in [1.807, 2.05) is 12.1 Å². The number of aryl methyl sites for hydroxylation is 2. The zero-order valence-corrected chi connectivity index (χ0v) is 16.3. The predicted molar refractivity (Wildman–Crippen MR) is 109 cm³/mol. The number of fused-ring (bicyclic) bond motifs is 1. The minimum absolute atomic E-state index is 0.180. The summed E-state index contributed by atoms with van der Waals surface area (Å²) in [6.07, 6.45) is 4.49. The summed E-state index contributed by atoms with van der Waals surface area (Å²) in [6.45, 7) is 5.72. The van der Waals surface area contributed by atoms with Crippen molar-refractivity contribution in [2.45, 2.75) is 25.7 Å². The number of halogens is 2. The smallest absolute Gasteiger partial charge is 0.138 e. The molecule has 27 heavy (non-hydrogen) atoms. The van der Waals surface area contributed by atoms with Crippen LogP contribution in [0.25, 0.3) is 0 Å². The summed E-state index contributed by atoms with van der Waals surface area (Å²) in [5.41, 5.74) is 3.88. The summed E-state index contributed by atoms with van der Waals surface area (Å²) in [7, 11) is 0. The van der Waals surface area contributed by atoms with Gasteiger partial charge in [-0.1, -0.05) is 11.6 Å². The van der Waals surface area contributed by atoms with Crippen LogP contribution in [0, 0.1) is 5.82 Å². The first-order chi connectivity index (χ1) is 13.2. The molecular formula is C22H26ClFN2O. The number of piperazine rings is 1. The fourth-order valence-corrected chi connectivity index (χ4v) is 4.27. The molecule has 0 aromatic heterocycles. The highest BCUT2D eigenvalue weighted by Gasteiger charge is 2.17. The van der Waals surface area contributed by atoms with Gasteiger partial charge >= 0.3 is 0 Å². The van der Waals surface area contributed by atoms with Crippen molar-refractivity contribution >= 4 is 17.3 Å². The molecule has 4 rings (SSSR count). The van der Waals surface area contributed by atoms with E-state index in [9.17, 15) is 4.39 Å². The lowest BCUT2D eigenvalue weighted by atomic mass is 10.1. The molecule has 144 valence electrons. The zero-order valence-electron chi connectivity index (χ0n) is 15.6. The lowest BCUT2D eigenvalue weighted by Gasteiger charge is -2.36. The quantitative estimate of drug-likeness (QED) is 0.675. The first-order valence-corrected chi connectivity index (χ1v) is 10.2. The lowest BCUT2D eigenvalue weighted by molar-refractivity contribution is 0.224. The Hall–Kier alpha value is -1.78. The predicted octanol–water partition coefficient (Wildman–Crippen LogP) is 4.56. The average molecular weight is 389 g/mol. The largest absolute Gasteiger partial charge is 0.492 e. The maximum atomic E-state index is 13.1. The summed E-state index contributed by atoms with van der Waals surface area (Å²) in [6, 6.07) is 11.0. The maximum Gasteiger partial charge on any atom is 0.138 e. The zero-order chi connectivity index (χ0) is 18.6. The number of hydrogen-bond donors (Lipinski definition) is 0. The van der Waals surface area contributed by atoms with E-state index in [4.69, 9.17) is 16.3 Å². The van der Waals surface area contributed by atoms with Crippen LogP contribution in [0.5, 0.6) is 5.75 Å². The number of benzene rings is 2. The molecule has 3 nitrogen and oxygen atoms in total. The van der Waals surface area contributed by atoms with E-state index in [0.717, 1.165) is 68.4 Å². The molecule has 1 aliphatic heterocycles. The molecule has 1 fully saturated rings.